The van der Waals surface area contributed by atoms with Crippen LogP contribution in [0, 0.1) is 0 Å². The van der Waals surface area contributed by atoms with Crippen molar-refractivity contribution in [2.24, 2.45) is 5.73 Å². The lowest BCUT2D eigenvalue weighted by Crippen LogP contribution is -2.10. The van der Waals surface area contributed by atoms with Gasteiger partial charge in [-0.2, -0.15) is 0 Å². The summed E-state index contributed by atoms with van der Waals surface area (Å²) < 4.78 is 5.57. The Morgan fingerprint density at radius 1 is 1.17 bits per heavy atom. The standard InChI is InChI=1S/C14H12ClNO2/c15-12-3-1-2-10(8-12)9-18-13-6-4-11(5-7-13)14(16)17/h1-8H,9H2,(H2,16,17). The number of hydrogen-bond donors (Lipinski definition) is 1. The summed E-state index contributed by atoms with van der Waals surface area (Å²) in [6, 6.07) is 14.2. The molecule has 0 atom stereocenters. The van der Waals surface area contributed by atoms with Crippen molar-refractivity contribution in [1.29, 1.82) is 0 Å². The van der Waals surface area contributed by atoms with Gasteiger partial charge in [-0.25, -0.2) is 0 Å². The summed E-state index contributed by atoms with van der Waals surface area (Å²) in [6.07, 6.45) is 0. The van der Waals surface area contributed by atoms with Gasteiger partial charge in [0, 0.05) is 10.6 Å². The minimum atomic E-state index is -0.448. The Bertz CT molecular complexity index is 552. The monoisotopic (exact) mass is 261 g/mol. The van der Waals surface area contributed by atoms with Crippen LogP contribution in [0.3, 0.4) is 0 Å². The Labute approximate surface area is 110 Å². The molecule has 4 heteroatoms. The Hall–Kier alpha value is -2.00. The van der Waals surface area contributed by atoms with Crippen LogP contribution in [0.1, 0.15) is 15.9 Å². The third kappa shape index (κ3) is 3.25. The van der Waals surface area contributed by atoms with E-state index in [2.05, 4.69) is 0 Å². The van der Waals surface area contributed by atoms with Gasteiger partial charge in [-0.05, 0) is 42.0 Å². The SMILES string of the molecule is NC(=O)c1ccc(OCc2cccc(Cl)c2)cc1. The highest BCUT2D eigenvalue weighted by Crippen LogP contribution is 2.16. The molecule has 0 spiro atoms. The van der Waals surface area contributed by atoms with Crippen molar-refractivity contribution in [3.63, 3.8) is 0 Å². The summed E-state index contributed by atoms with van der Waals surface area (Å²) in [5.41, 5.74) is 6.60. The van der Waals surface area contributed by atoms with Crippen LogP contribution in [-0.2, 0) is 6.61 Å². The van der Waals surface area contributed by atoms with E-state index in [-0.39, 0.29) is 0 Å². The normalized spacial score (nSPS) is 10.1. The summed E-state index contributed by atoms with van der Waals surface area (Å²) in [5.74, 6) is 0.233. The molecule has 2 aromatic rings. The van der Waals surface area contributed by atoms with Crippen molar-refractivity contribution in [3.05, 3.63) is 64.7 Å². The molecule has 92 valence electrons. The molecule has 0 radical (unpaired) electrons. The molecule has 0 bridgehead atoms. The number of halogens is 1. The summed E-state index contributed by atoms with van der Waals surface area (Å²) in [4.78, 5) is 10.9. The number of nitrogens with two attached hydrogens (primary N) is 1. The van der Waals surface area contributed by atoms with E-state index in [1.807, 2.05) is 24.3 Å². The van der Waals surface area contributed by atoms with Gasteiger partial charge in [-0.3, -0.25) is 4.79 Å². The lowest BCUT2D eigenvalue weighted by atomic mass is 10.2. The molecule has 0 aliphatic rings. The van der Waals surface area contributed by atoms with Crippen LogP contribution >= 0.6 is 11.6 Å². The molecule has 0 saturated heterocycles. The molecular formula is C14H12ClNO2. The summed E-state index contributed by atoms with van der Waals surface area (Å²) >= 11 is 5.88. The molecule has 0 aromatic heterocycles. The molecule has 0 aliphatic heterocycles. The van der Waals surface area contributed by atoms with Crippen LogP contribution in [0.25, 0.3) is 0 Å². The molecule has 2 rings (SSSR count). The third-order valence-corrected chi connectivity index (χ3v) is 2.67. The van der Waals surface area contributed by atoms with Gasteiger partial charge in [0.25, 0.3) is 0 Å². The average molecular weight is 262 g/mol. The van der Waals surface area contributed by atoms with E-state index in [4.69, 9.17) is 22.1 Å². The Kier molecular flexibility index (Phi) is 3.85. The van der Waals surface area contributed by atoms with Gasteiger partial charge in [0.2, 0.25) is 5.91 Å². The van der Waals surface area contributed by atoms with Gasteiger partial charge in [0.05, 0.1) is 0 Å². The van der Waals surface area contributed by atoms with Crippen LogP contribution in [0.2, 0.25) is 5.02 Å². The first-order valence-corrected chi connectivity index (χ1v) is 5.80. The molecule has 2 aromatic carbocycles. The van der Waals surface area contributed by atoms with E-state index >= 15 is 0 Å². The van der Waals surface area contributed by atoms with E-state index in [1.54, 1.807) is 24.3 Å². The van der Waals surface area contributed by atoms with Crippen molar-refractivity contribution < 1.29 is 9.53 Å². The molecule has 1 amide bonds. The molecule has 2 N–H and O–H groups in total. The van der Waals surface area contributed by atoms with E-state index in [0.29, 0.717) is 22.9 Å². The van der Waals surface area contributed by atoms with Crippen molar-refractivity contribution in [2.75, 3.05) is 0 Å². The number of primary amides is 1. The minimum absolute atomic E-state index is 0.427. The average Bonchev–Trinajstić information content (AvgIpc) is 2.37. The second kappa shape index (κ2) is 5.56. The van der Waals surface area contributed by atoms with Gasteiger partial charge >= 0.3 is 0 Å². The van der Waals surface area contributed by atoms with E-state index in [1.165, 1.54) is 0 Å². The van der Waals surface area contributed by atoms with E-state index < -0.39 is 5.91 Å². The number of carbonyl (C=O) groups excluding carboxylic acids is 1. The van der Waals surface area contributed by atoms with Gasteiger partial charge in [-0.15, -0.1) is 0 Å². The molecule has 3 nitrogen and oxygen atoms in total. The molecular weight excluding hydrogens is 250 g/mol. The molecule has 0 heterocycles. The number of rotatable bonds is 4. The van der Waals surface area contributed by atoms with Gasteiger partial charge < -0.3 is 10.5 Å². The first-order valence-electron chi connectivity index (χ1n) is 5.42. The smallest absolute Gasteiger partial charge is 0.248 e. The number of ether oxygens (including phenoxy) is 1. The Morgan fingerprint density at radius 2 is 1.89 bits per heavy atom. The van der Waals surface area contributed by atoms with Crippen LogP contribution in [0.4, 0.5) is 0 Å². The number of amides is 1. The topological polar surface area (TPSA) is 52.3 Å². The van der Waals surface area contributed by atoms with Crippen molar-refractivity contribution in [1.82, 2.24) is 0 Å². The van der Waals surface area contributed by atoms with Crippen molar-refractivity contribution >= 4 is 17.5 Å². The fourth-order valence-corrected chi connectivity index (χ4v) is 1.72. The molecule has 0 fully saturated rings. The van der Waals surface area contributed by atoms with Crippen molar-refractivity contribution in [3.8, 4) is 5.75 Å². The van der Waals surface area contributed by atoms with Crippen molar-refractivity contribution in [2.45, 2.75) is 6.61 Å². The first-order chi connectivity index (χ1) is 8.65. The molecule has 0 unspecified atom stereocenters. The van der Waals surface area contributed by atoms with E-state index in [0.717, 1.165) is 5.56 Å². The van der Waals surface area contributed by atoms with Crippen LogP contribution in [0.5, 0.6) is 5.75 Å². The summed E-state index contributed by atoms with van der Waals surface area (Å²) in [7, 11) is 0. The number of hydrogen-bond acceptors (Lipinski definition) is 2. The summed E-state index contributed by atoms with van der Waals surface area (Å²) in [6.45, 7) is 0.427. The van der Waals surface area contributed by atoms with Crippen LogP contribution in [-0.4, -0.2) is 5.91 Å². The fraction of sp³-hybridized carbons (Fsp3) is 0.0714. The zero-order chi connectivity index (χ0) is 13.0. The Morgan fingerprint density at radius 3 is 2.50 bits per heavy atom. The second-order valence-electron chi connectivity index (χ2n) is 3.81. The third-order valence-electron chi connectivity index (χ3n) is 2.43. The Balaban J connectivity index is 2.00. The van der Waals surface area contributed by atoms with Crippen LogP contribution in [0.15, 0.2) is 48.5 Å². The molecule has 0 saturated carbocycles. The maximum atomic E-state index is 10.9. The number of carbonyl (C=O) groups is 1. The lowest BCUT2D eigenvalue weighted by Gasteiger charge is -2.06. The first kappa shape index (κ1) is 12.5. The highest BCUT2D eigenvalue weighted by Gasteiger charge is 2.01. The van der Waals surface area contributed by atoms with Gasteiger partial charge in [0.1, 0.15) is 12.4 Å². The zero-order valence-electron chi connectivity index (χ0n) is 9.60. The quantitative estimate of drug-likeness (QED) is 0.920. The lowest BCUT2D eigenvalue weighted by molar-refractivity contribution is 0.100. The van der Waals surface area contributed by atoms with Gasteiger partial charge in [0.15, 0.2) is 0 Å². The maximum absolute atomic E-state index is 10.9. The molecule has 18 heavy (non-hydrogen) atoms. The van der Waals surface area contributed by atoms with Gasteiger partial charge in [-0.1, -0.05) is 23.7 Å². The maximum Gasteiger partial charge on any atom is 0.248 e. The fourth-order valence-electron chi connectivity index (χ4n) is 1.51. The van der Waals surface area contributed by atoms with Crippen LogP contribution < -0.4 is 10.5 Å². The highest BCUT2D eigenvalue weighted by molar-refractivity contribution is 6.30. The summed E-state index contributed by atoms with van der Waals surface area (Å²) in [5, 5.41) is 0.681. The second-order valence-corrected chi connectivity index (χ2v) is 4.24. The largest absolute Gasteiger partial charge is 0.489 e. The predicted octanol–water partition coefficient (Wildman–Crippen LogP) is 3.02. The predicted molar refractivity (Wildman–Crippen MR) is 70.7 cm³/mol. The number of benzene rings is 2. The zero-order valence-corrected chi connectivity index (χ0v) is 10.4. The minimum Gasteiger partial charge on any atom is -0.489 e. The highest BCUT2D eigenvalue weighted by atomic mass is 35.5. The molecule has 0 aliphatic carbocycles. The van der Waals surface area contributed by atoms with E-state index in [9.17, 15) is 4.79 Å².